The average Bonchev–Trinajstić information content (AvgIpc) is 3.21. The number of nitrogens with one attached hydrogen (secondary N) is 1. The second-order valence-electron chi connectivity index (χ2n) is 5.14. The zero-order valence-electron chi connectivity index (χ0n) is 12.3. The lowest BCUT2D eigenvalue weighted by atomic mass is 10.2. The van der Waals surface area contributed by atoms with Crippen molar-refractivity contribution in [1.82, 2.24) is 20.3 Å². The number of nitrogens with zero attached hydrogens (tertiary/aromatic N) is 3. The number of anilines is 1. The molecule has 9 heteroatoms. The molecule has 0 saturated carbocycles. The Labute approximate surface area is 141 Å². The maximum atomic E-state index is 12.0. The lowest BCUT2D eigenvalue weighted by molar-refractivity contribution is -0.123. The zero-order valence-corrected chi connectivity index (χ0v) is 13.9. The maximum Gasteiger partial charge on any atom is 0.246 e. The lowest BCUT2D eigenvalue weighted by Gasteiger charge is -2.11. The van der Waals surface area contributed by atoms with Gasteiger partial charge in [0.25, 0.3) is 0 Å². The van der Waals surface area contributed by atoms with Crippen LogP contribution < -0.4 is 11.1 Å². The van der Waals surface area contributed by atoms with Crippen molar-refractivity contribution in [3.05, 3.63) is 22.6 Å². The molecule has 3 rings (SSSR count). The van der Waals surface area contributed by atoms with E-state index in [-0.39, 0.29) is 24.5 Å². The van der Waals surface area contributed by atoms with Crippen molar-refractivity contribution in [1.29, 1.82) is 0 Å². The molecule has 0 bridgehead atoms. The largest absolute Gasteiger partial charge is 0.443 e. The molecule has 1 aliphatic rings. The number of halogens is 1. The van der Waals surface area contributed by atoms with Gasteiger partial charge in [0.15, 0.2) is 0 Å². The second-order valence-corrected chi connectivity index (χ2v) is 5.94. The second kappa shape index (κ2) is 7.05. The molecule has 2 aromatic heterocycles. The quantitative estimate of drug-likeness (QED) is 0.808. The molecule has 0 aromatic carbocycles. The molecular weight excluding hydrogens is 366 g/mol. The van der Waals surface area contributed by atoms with Gasteiger partial charge in [0, 0.05) is 6.61 Å². The fraction of sp³-hybridized carbons (Fsp3) is 0.429. The summed E-state index contributed by atoms with van der Waals surface area (Å²) in [6, 6.07) is 0. The first-order valence-electron chi connectivity index (χ1n) is 7.23. The topological polar surface area (TPSA) is 116 Å². The molecule has 2 aromatic rings. The van der Waals surface area contributed by atoms with E-state index in [2.05, 4.69) is 36.2 Å². The van der Waals surface area contributed by atoms with Crippen molar-refractivity contribution in [2.75, 3.05) is 12.3 Å². The van der Waals surface area contributed by atoms with Crippen LogP contribution in [-0.2, 0) is 16.1 Å². The van der Waals surface area contributed by atoms with Crippen molar-refractivity contribution in [3.63, 3.8) is 0 Å². The van der Waals surface area contributed by atoms with Crippen molar-refractivity contribution in [2.45, 2.75) is 31.9 Å². The van der Waals surface area contributed by atoms with Crippen molar-refractivity contribution in [3.8, 4) is 11.6 Å². The van der Waals surface area contributed by atoms with E-state index in [0.717, 1.165) is 19.4 Å². The van der Waals surface area contributed by atoms with Gasteiger partial charge >= 0.3 is 0 Å². The molecule has 3 heterocycles. The fourth-order valence-electron chi connectivity index (χ4n) is 2.38. The minimum atomic E-state index is -0.0846. The van der Waals surface area contributed by atoms with Gasteiger partial charge in [-0.1, -0.05) is 0 Å². The predicted octanol–water partition coefficient (Wildman–Crippen LogP) is 1.66. The molecule has 122 valence electrons. The number of amides is 1. The fourth-order valence-corrected chi connectivity index (χ4v) is 2.87. The summed E-state index contributed by atoms with van der Waals surface area (Å²) in [6.45, 7) is 0.956. The maximum absolute atomic E-state index is 12.0. The molecule has 1 amide bonds. The summed E-state index contributed by atoms with van der Waals surface area (Å²) in [4.78, 5) is 24.3. The van der Waals surface area contributed by atoms with Gasteiger partial charge in [-0.2, -0.15) is 0 Å². The number of rotatable bonds is 5. The van der Waals surface area contributed by atoms with Crippen LogP contribution in [-0.4, -0.2) is 33.6 Å². The number of ether oxygens (including phenoxy) is 1. The van der Waals surface area contributed by atoms with Crippen LogP contribution in [0.1, 0.15) is 25.0 Å². The molecule has 23 heavy (non-hydrogen) atoms. The lowest BCUT2D eigenvalue weighted by Crippen LogP contribution is -2.27. The summed E-state index contributed by atoms with van der Waals surface area (Å²) in [7, 11) is 0. The molecule has 3 N–H and O–H groups in total. The standard InChI is InChI=1S/C14H16BrN5O3/c15-11-9(7-18-10(21)6-8-2-1-4-22-8)19-14(16)20-12(11)13-17-3-5-23-13/h3,5,8H,1-2,4,6-7H2,(H,18,21)(H2,16,19,20). The SMILES string of the molecule is Nc1nc(CNC(=O)CC2CCCO2)c(Br)c(-c2ncco2)n1. The number of carbonyl (C=O) groups excluding carboxylic acids is 1. The van der Waals surface area contributed by atoms with Gasteiger partial charge in [-0.05, 0) is 28.8 Å². The van der Waals surface area contributed by atoms with E-state index in [4.69, 9.17) is 14.9 Å². The number of carbonyl (C=O) groups is 1. The number of oxazole rings is 1. The third kappa shape index (κ3) is 3.85. The Bertz CT molecular complexity index is 686. The molecule has 0 spiro atoms. The molecule has 0 aliphatic carbocycles. The van der Waals surface area contributed by atoms with Crippen LogP contribution in [0.3, 0.4) is 0 Å². The third-order valence-electron chi connectivity index (χ3n) is 3.46. The normalized spacial score (nSPS) is 17.3. The van der Waals surface area contributed by atoms with Gasteiger partial charge in [0.05, 0.1) is 35.4 Å². The molecule has 1 saturated heterocycles. The molecule has 1 fully saturated rings. The number of hydrogen-bond acceptors (Lipinski definition) is 7. The van der Waals surface area contributed by atoms with E-state index in [1.807, 2.05) is 0 Å². The predicted molar refractivity (Wildman–Crippen MR) is 85.1 cm³/mol. The van der Waals surface area contributed by atoms with Crippen LogP contribution >= 0.6 is 15.9 Å². The van der Waals surface area contributed by atoms with Gasteiger partial charge in [0.1, 0.15) is 12.0 Å². The first-order chi connectivity index (χ1) is 11.1. The molecule has 0 radical (unpaired) electrons. The Kier molecular flexibility index (Phi) is 4.87. The zero-order chi connectivity index (χ0) is 16.2. The van der Waals surface area contributed by atoms with Crippen LogP contribution in [0.4, 0.5) is 5.95 Å². The highest BCUT2D eigenvalue weighted by molar-refractivity contribution is 9.10. The molecule has 1 unspecified atom stereocenters. The highest BCUT2D eigenvalue weighted by atomic mass is 79.9. The van der Waals surface area contributed by atoms with E-state index in [9.17, 15) is 4.79 Å². The summed E-state index contributed by atoms with van der Waals surface area (Å²) in [5.74, 6) is 0.335. The van der Waals surface area contributed by atoms with Crippen LogP contribution in [0.2, 0.25) is 0 Å². The molecule has 1 atom stereocenters. The Morgan fingerprint density at radius 2 is 2.35 bits per heavy atom. The number of hydrogen-bond donors (Lipinski definition) is 2. The Hall–Kier alpha value is -2.00. The van der Waals surface area contributed by atoms with E-state index in [1.165, 1.54) is 12.5 Å². The molecule has 8 nitrogen and oxygen atoms in total. The first kappa shape index (κ1) is 15.9. The monoisotopic (exact) mass is 381 g/mol. The first-order valence-corrected chi connectivity index (χ1v) is 8.03. The van der Waals surface area contributed by atoms with Crippen molar-refractivity contribution < 1.29 is 13.9 Å². The smallest absolute Gasteiger partial charge is 0.246 e. The summed E-state index contributed by atoms with van der Waals surface area (Å²) < 4.78 is 11.3. The van der Waals surface area contributed by atoms with Gasteiger partial charge in [-0.15, -0.1) is 0 Å². The van der Waals surface area contributed by atoms with Crippen LogP contribution in [0, 0.1) is 0 Å². The number of aromatic nitrogens is 3. The third-order valence-corrected chi connectivity index (χ3v) is 4.30. The molecular formula is C14H16BrN5O3. The minimum absolute atomic E-state index is 0.0109. The minimum Gasteiger partial charge on any atom is -0.443 e. The average molecular weight is 382 g/mol. The van der Waals surface area contributed by atoms with Gasteiger partial charge in [0.2, 0.25) is 17.7 Å². The van der Waals surface area contributed by atoms with Gasteiger partial charge < -0.3 is 20.2 Å². The number of nitrogen functional groups attached to an aromatic ring is 1. The summed E-state index contributed by atoms with van der Waals surface area (Å²) >= 11 is 3.42. The van der Waals surface area contributed by atoms with E-state index in [0.29, 0.717) is 28.2 Å². The Balaban J connectivity index is 1.69. The van der Waals surface area contributed by atoms with Gasteiger partial charge in [-0.25, -0.2) is 15.0 Å². The summed E-state index contributed by atoms with van der Waals surface area (Å²) in [5.41, 5.74) is 6.74. The van der Waals surface area contributed by atoms with Crippen LogP contribution in [0.25, 0.3) is 11.6 Å². The van der Waals surface area contributed by atoms with Crippen LogP contribution in [0.5, 0.6) is 0 Å². The Morgan fingerprint density at radius 1 is 1.48 bits per heavy atom. The van der Waals surface area contributed by atoms with Crippen LogP contribution in [0.15, 0.2) is 21.3 Å². The number of nitrogens with two attached hydrogens (primary N) is 1. The van der Waals surface area contributed by atoms with E-state index < -0.39 is 0 Å². The van der Waals surface area contributed by atoms with Gasteiger partial charge in [-0.3, -0.25) is 4.79 Å². The highest BCUT2D eigenvalue weighted by Gasteiger charge is 2.20. The van der Waals surface area contributed by atoms with Crippen molar-refractivity contribution >= 4 is 27.8 Å². The summed E-state index contributed by atoms with van der Waals surface area (Å²) in [6.07, 6.45) is 5.26. The van der Waals surface area contributed by atoms with E-state index in [1.54, 1.807) is 0 Å². The molecule has 1 aliphatic heterocycles. The van der Waals surface area contributed by atoms with Crippen molar-refractivity contribution in [2.24, 2.45) is 0 Å². The highest BCUT2D eigenvalue weighted by Crippen LogP contribution is 2.28. The van der Waals surface area contributed by atoms with E-state index >= 15 is 0 Å². The Morgan fingerprint density at radius 3 is 3.04 bits per heavy atom. The summed E-state index contributed by atoms with van der Waals surface area (Å²) in [5, 5.41) is 2.82.